The Balaban J connectivity index is 1.54. The normalized spacial score (nSPS) is 29.8. The van der Waals surface area contributed by atoms with Crippen LogP contribution in [0.1, 0.15) is 77.6 Å². The third kappa shape index (κ3) is 4.61. The molecule has 0 aromatic carbocycles. The van der Waals surface area contributed by atoms with Gasteiger partial charge in [0.1, 0.15) is 0 Å². The summed E-state index contributed by atoms with van der Waals surface area (Å²) in [5.41, 5.74) is 0.324. The monoisotopic (exact) mass is 484 g/mol. The first kappa shape index (κ1) is 25.0. The molecule has 0 radical (unpaired) electrons. The Morgan fingerprint density at radius 2 is 1.83 bits per heavy atom. The smallest absolute Gasteiger partial charge is 0.294 e. The van der Waals surface area contributed by atoms with E-state index >= 15 is 0 Å². The summed E-state index contributed by atoms with van der Waals surface area (Å²) in [4.78, 5) is 42.9. The van der Waals surface area contributed by atoms with Gasteiger partial charge in [-0.3, -0.25) is 14.4 Å². The molecule has 4 aliphatic carbocycles. The summed E-state index contributed by atoms with van der Waals surface area (Å²) in [6.45, 7) is 8.16. The second-order valence-electron chi connectivity index (χ2n) is 10.7. The van der Waals surface area contributed by atoms with Crippen molar-refractivity contribution in [2.24, 2.45) is 23.9 Å². The Morgan fingerprint density at radius 3 is 2.40 bits per heavy atom. The SMILES string of the molecule is C=C/C(F)=N\C=C(/C)NC(=O)c1c(C)c(C(=O)C(=O)NC23CC4CC(CC(O)(C4)C2)C3)n(C)c1C. The molecule has 3 N–H and O–H groups in total. The molecule has 2 unspecified atom stereocenters. The van der Waals surface area contributed by atoms with E-state index in [4.69, 9.17) is 0 Å². The number of allylic oxidation sites excluding steroid dienone is 2. The first-order chi connectivity index (χ1) is 16.4. The number of amides is 2. The van der Waals surface area contributed by atoms with Crippen molar-refractivity contribution < 1.29 is 23.9 Å². The molecule has 1 aromatic rings. The van der Waals surface area contributed by atoms with Crippen LogP contribution < -0.4 is 10.6 Å². The van der Waals surface area contributed by atoms with Gasteiger partial charge in [0.15, 0.2) is 0 Å². The number of aliphatic hydroxyl groups is 1. The lowest BCUT2D eigenvalue weighted by molar-refractivity contribution is -0.149. The van der Waals surface area contributed by atoms with E-state index in [-0.39, 0.29) is 11.3 Å². The Bertz CT molecular complexity index is 1160. The molecule has 4 aliphatic rings. The molecular weight excluding hydrogens is 451 g/mol. The van der Waals surface area contributed by atoms with Crippen LogP contribution >= 0.6 is 0 Å². The van der Waals surface area contributed by atoms with Crippen molar-refractivity contribution in [2.45, 2.75) is 70.4 Å². The average molecular weight is 485 g/mol. The fourth-order valence-electron chi connectivity index (χ4n) is 6.88. The largest absolute Gasteiger partial charge is 0.390 e. The van der Waals surface area contributed by atoms with Crippen LogP contribution in [0.25, 0.3) is 0 Å². The summed E-state index contributed by atoms with van der Waals surface area (Å²) in [5.74, 6) is -1.95. The summed E-state index contributed by atoms with van der Waals surface area (Å²) >= 11 is 0. The van der Waals surface area contributed by atoms with Crippen molar-refractivity contribution in [1.82, 2.24) is 15.2 Å². The number of aromatic nitrogens is 1. The van der Waals surface area contributed by atoms with Crippen molar-refractivity contribution in [3.8, 4) is 0 Å². The van der Waals surface area contributed by atoms with Crippen molar-refractivity contribution in [2.75, 3.05) is 0 Å². The topological polar surface area (TPSA) is 113 Å². The van der Waals surface area contributed by atoms with Gasteiger partial charge in [0.25, 0.3) is 17.6 Å². The van der Waals surface area contributed by atoms with Gasteiger partial charge in [0.2, 0.25) is 5.97 Å². The van der Waals surface area contributed by atoms with Gasteiger partial charge in [-0.2, -0.15) is 4.39 Å². The van der Waals surface area contributed by atoms with Crippen LogP contribution in [0, 0.1) is 25.7 Å². The highest BCUT2D eigenvalue weighted by molar-refractivity contribution is 6.43. The number of nitrogens with zero attached hydrogens (tertiary/aromatic N) is 2. The first-order valence-corrected chi connectivity index (χ1v) is 12.0. The van der Waals surface area contributed by atoms with Crippen molar-refractivity contribution in [3.05, 3.63) is 47.1 Å². The summed E-state index contributed by atoms with van der Waals surface area (Å²) in [6.07, 6.45) is 6.76. The Labute approximate surface area is 204 Å². The van der Waals surface area contributed by atoms with Crippen LogP contribution in [-0.4, -0.2) is 44.4 Å². The van der Waals surface area contributed by atoms with Crippen LogP contribution in [-0.2, 0) is 11.8 Å². The molecule has 1 aromatic heterocycles. The molecule has 4 fully saturated rings. The predicted molar refractivity (Wildman–Crippen MR) is 130 cm³/mol. The number of halogens is 1. The fraction of sp³-hybridized carbons (Fsp3) is 0.538. The molecule has 8 nitrogen and oxygen atoms in total. The highest BCUT2D eigenvalue weighted by Gasteiger charge is 2.58. The van der Waals surface area contributed by atoms with Gasteiger partial charge in [-0.25, -0.2) is 4.99 Å². The number of carbonyl (C=O) groups is 3. The minimum Gasteiger partial charge on any atom is -0.390 e. The Morgan fingerprint density at radius 1 is 1.20 bits per heavy atom. The minimum atomic E-state index is -0.782. The van der Waals surface area contributed by atoms with Crippen LogP contribution in [0.2, 0.25) is 0 Å². The standard InChI is InChI=1S/C26H33FN4O4/c1-6-19(27)28-12-14(2)29-23(33)20-15(3)21(31(5)16(20)4)22(32)24(34)30-25-8-17-7-18(9-25)11-26(35,10-17)13-25/h6,12,17-18,35H,1,7-11,13H2,2-5H3,(H,29,33)(H,30,34)/b14-12+,28-19+. The molecule has 2 atom stereocenters. The number of hydrogen-bond acceptors (Lipinski definition) is 5. The van der Waals surface area contributed by atoms with E-state index in [1.807, 2.05) is 0 Å². The number of rotatable bonds is 7. The molecule has 188 valence electrons. The molecule has 1 heterocycles. The highest BCUT2D eigenvalue weighted by Crippen LogP contribution is 2.57. The molecule has 4 saturated carbocycles. The van der Waals surface area contributed by atoms with E-state index in [9.17, 15) is 23.9 Å². The molecule has 9 heteroatoms. The molecule has 0 aliphatic heterocycles. The van der Waals surface area contributed by atoms with Gasteiger partial charge in [-0.1, -0.05) is 6.58 Å². The van der Waals surface area contributed by atoms with Crippen LogP contribution in [0.4, 0.5) is 4.39 Å². The summed E-state index contributed by atoms with van der Waals surface area (Å²) in [7, 11) is 1.64. The third-order valence-electron chi connectivity index (χ3n) is 7.85. The van der Waals surface area contributed by atoms with Gasteiger partial charge < -0.3 is 20.3 Å². The van der Waals surface area contributed by atoms with E-state index in [2.05, 4.69) is 22.2 Å². The number of hydrogen-bond donors (Lipinski definition) is 3. The van der Waals surface area contributed by atoms with Crippen molar-refractivity contribution in [3.63, 3.8) is 0 Å². The molecule has 5 rings (SSSR count). The van der Waals surface area contributed by atoms with Gasteiger partial charge in [0, 0.05) is 30.2 Å². The lowest BCUT2D eigenvalue weighted by atomic mass is 9.51. The first-order valence-electron chi connectivity index (χ1n) is 12.0. The predicted octanol–water partition coefficient (Wildman–Crippen LogP) is 3.17. The van der Waals surface area contributed by atoms with Crippen LogP contribution in [0.15, 0.2) is 29.5 Å². The molecule has 35 heavy (non-hydrogen) atoms. The maximum atomic E-state index is 13.3. The lowest BCUT2D eigenvalue weighted by Gasteiger charge is -2.60. The summed E-state index contributed by atoms with van der Waals surface area (Å²) < 4.78 is 14.7. The Kier molecular flexibility index (Phi) is 6.34. The molecular formula is C26H33FN4O4. The van der Waals surface area contributed by atoms with Gasteiger partial charge in [0.05, 0.1) is 16.9 Å². The fourth-order valence-corrected chi connectivity index (χ4v) is 6.88. The van der Waals surface area contributed by atoms with E-state index in [1.165, 1.54) is 6.20 Å². The number of Topliss-reactive ketones (excluding diaryl/α,β-unsaturated/α-hetero) is 1. The second-order valence-corrected chi connectivity index (χ2v) is 10.7. The molecule has 4 bridgehead atoms. The second kappa shape index (κ2) is 8.86. The maximum absolute atomic E-state index is 13.3. The summed E-state index contributed by atoms with van der Waals surface area (Å²) in [5, 5.41) is 16.6. The van der Waals surface area contributed by atoms with E-state index in [0.29, 0.717) is 35.2 Å². The summed E-state index contributed by atoms with van der Waals surface area (Å²) in [6, 6.07) is 0. The van der Waals surface area contributed by atoms with E-state index < -0.39 is 34.7 Å². The maximum Gasteiger partial charge on any atom is 0.294 e. The lowest BCUT2D eigenvalue weighted by Crippen LogP contribution is -2.66. The average Bonchev–Trinajstić information content (AvgIpc) is 2.97. The number of nitrogens with one attached hydrogen (secondary N) is 2. The zero-order valence-electron chi connectivity index (χ0n) is 20.7. The molecule has 2 amide bonds. The number of carbonyl (C=O) groups excluding carboxylic acids is 3. The van der Waals surface area contributed by atoms with Gasteiger partial charge in [-0.05, 0) is 82.8 Å². The van der Waals surface area contributed by atoms with Crippen LogP contribution in [0.3, 0.4) is 0 Å². The molecule has 0 saturated heterocycles. The zero-order valence-corrected chi connectivity index (χ0v) is 20.7. The van der Waals surface area contributed by atoms with Gasteiger partial charge in [-0.15, -0.1) is 0 Å². The Hall–Kier alpha value is -3.07. The number of aliphatic imine (C=N–C) groups is 1. The van der Waals surface area contributed by atoms with E-state index in [1.54, 1.807) is 32.4 Å². The van der Waals surface area contributed by atoms with Gasteiger partial charge >= 0.3 is 0 Å². The third-order valence-corrected chi connectivity index (χ3v) is 7.85. The molecule has 0 spiro atoms. The zero-order chi connectivity index (χ0) is 25.7. The van der Waals surface area contributed by atoms with Crippen LogP contribution in [0.5, 0.6) is 0 Å². The highest BCUT2D eigenvalue weighted by atomic mass is 19.1. The quantitative estimate of drug-likeness (QED) is 0.313. The minimum absolute atomic E-state index is 0.144. The number of ketones is 1. The van der Waals surface area contributed by atoms with Crippen molar-refractivity contribution in [1.29, 1.82) is 0 Å². The van der Waals surface area contributed by atoms with E-state index in [0.717, 1.165) is 38.2 Å². The van der Waals surface area contributed by atoms with Crippen molar-refractivity contribution >= 4 is 23.6 Å².